The summed E-state index contributed by atoms with van der Waals surface area (Å²) in [5, 5.41) is 3.07. The zero-order chi connectivity index (χ0) is 60.7. The molecule has 0 aliphatic rings. The molecule has 0 bridgehead atoms. The first-order valence-corrected chi connectivity index (χ1v) is 36.8. The van der Waals surface area contributed by atoms with Gasteiger partial charge >= 0.3 is 13.8 Å². The SMILES string of the molecule is CC/C=C\C/C=C\C/C=C\C/C=C\C/C=C\CCCCCCCC(=O)OC(/C=C/CCCCCCCCCCC)C(COP(=O)(O)OCC[N+](C)(C)C)NC(=O)CCCCCCCCCCCCCCCCCCCCCCCCCCC. The van der Waals surface area contributed by atoms with Crippen molar-refractivity contribution in [2.45, 2.75) is 341 Å². The molecule has 0 aromatic rings. The third kappa shape index (κ3) is 63.8. The third-order valence-electron chi connectivity index (χ3n) is 15.7. The zero-order valence-electron chi connectivity index (χ0n) is 55.4. The lowest BCUT2D eigenvalue weighted by molar-refractivity contribution is -0.870. The van der Waals surface area contributed by atoms with Gasteiger partial charge in [-0.2, -0.15) is 0 Å². The van der Waals surface area contributed by atoms with Crippen LogP contribution in [0.2, 0.25) is 0 Å². The summed E-state index contributed by atoms with van der Waals surface area (Å²) in [5.74, 6) is -0.517. The van der Waals surface area contributed by atoms with Crippen molar-refractivity contribution >= 4 is 19.7 Å². The molecule has 0 heterocycles. The summed E-state index contributed by atoms with van der Waals surface area (Å²) in [4.78, 5) is 37.9. The second-order valence-electron chi connectivity index (χ2n) is 25.0. The molecule has 0 aromatic carbocycles. The van der Waals surface area contributed by atoms with Crippen molar-refractivity contribution in [2.75, 3.05) is 40.9 Å². The van der Waals surface area contributed by atoms with Crippen LogP contribution >= 0.6 is 7.82 Å². The van der Waals surface area contributed by atoms with Gasteiger partial charge in [0.25, 0.3) is 0 Å². The molecule has 0 aliphatic heterocycles. The summed E-state index contributed by atoms with van der Waals surface area (Å²) in [6, 6.07) is -0.858. The molecule has 3 atom stereocenters. The average molecular weight is 1180 g/mol. The number of ether oxygens (including phenoxy) is 1. The topological polar surface area (TPSA) is 111 Å². The highest BCUT2D eigenvalue weighted by Crippen LogP contribution is 2.43. The van der Waals surface area contributed by atoms with Crippen molar-refractivity contribution in [3.05, 3.63) is 72.9 Å². The second-order valence-corrected chi connectivity index (χ2v) is 26.5. The predicted octanol–water partition coefficient (Wildman–Crippen LogP) is 22.3. The minimum atomic E-state index is -4.46. The van der Waals surface area contributed by atoms with Crippen LogP contribution in [0.4, 0.5) is 0 Å². The van der Waals surface area contributed by atoms with Crippen LogP contribution in [0, 0.1) is 0 Å². The lowest BCUT2D eigenvalue weighted by atomic mass is 10.0. The van der Waals surface area contributed by atoms with Gasteiger partial charge in [0.2, 0.25) is 5.91 Å². The first kappa shape index (κ1) is 80.5. The summed E-state index contributed by atoms with van der Waals surface area (Å²) >= 11 is 0. The van der Waals surface area contributed by atoms with Crippen LogP contribution in [0.15, 0.2) is 72.9 Å². The Morgan fingerprint density at radius 1 is 0.434 bits per heavy atom. The standard InChI is InChI=1S/C73H135N2O7P/c1-7-10-13-16-19-22-25-27-29-31-33-35-36-37-38-40-41-43-45-47-50-53-56-59-62-65-72(76)74-70(69-81-83(78,79)80-68-67-75(4,5)6)71(64-61-58-55-52-49-24-21-18-15-12-9-3)82-73(77)66-63-60-57-54-51-48-46-44-42-39-34-32-30-28-26-23-20-17-14-11-8-2/h11,14,20,23,28,30,34,39,44,46,61,64,70-71H,7-10,12-13,15-19,21-22,24-27,29,31-33,35-38,40-43,45,47-60,62-63,65-69H2,1-6H3,(H-,74,76,78,79)/p+1/b14-11-,23-20-,30-28-,39-34-,46-44-,64-61+. The van der Waals surface area contributed by atoms with E-state index in [2.05, 4.69) is 86.8 Å². The number of allylic oxidation sites excluding steroid dienone is 11. The fourth-order valence-corrected chi connectivity index (χ4v) is 11.0. The maximum absolute atomic E-state index is 13.6. The molecule has 0 fully saturated rings. The highest BCUT2D eigenvalue weighted by Gasteiger charge is 2.30. The van der Waals surface area contributed by atoms with E-state index >= 15 is 0 Å². The van der Waals surface area contributed by atoms with Crippen molar-refractivity contribution < 1.29 is 37.3 Å². The number of rotatable bonds is 64. The average Bonchev–Trinajstić information content (AvgIpc) is 3.51. The Kier molecular flexibility index (Phi) is 60.6. The van der Waals surface area contributed by atoms with E-state index in [-0.39, 0.29) is 31.5 Å². The Labute approximate surface area is 514 Å². The molecule has 83 heavy (non-hydrogen) atoms. The van der Waals surface area contributed by atoms with Crippen molar-refractivity contribution in [1.82, 2.24) is 5.32 Å². The van der Waals surface area contributed by atoms with E-state index < -0.39 is 20.0 Å². The van der Waals surface area contributed by atoms with E-state index in [9.17, 15) is 19.0 Å². The molecular weight excluding hydrogens is 1050 g/mol. The fourth-order valence-electron chi connectivity index (χ4n) is 10.3. The Bertz CT molecular complexity index is 1650. The van der Waals surface area contributed by atoms with E-state index in [1.165, 1.54) is 186 Å². The number of phosphoric ester groups is 1. The van der Waals surface area contributed by atoms with Crippen LogP contribution in [0.5, 0.6) is 0 Å². The van der Waals surface area contributed by atoms with Crippen molar-refractivity contribution in [3.8, 4) is 0 Å². The number of amides is 1. The monoisotopic (exact) mass is 1180 g/mol. The van der Waals surface area contributed by atoms with Crippen LogP contribution in [0.1, 0.15) is 329 Å². The number of nitrogens with zero attached hydrogens (tertiary/aromatic N) is 1. The van der Waals surface area contributed by atoms with E-state index in [0.29, 0.717) is 23.9 Å². The quantitative estimate of drug-likeness (QED) is 0.0205. The van der Waals surface area contributed by atoms with Gasteiger partial charge in [-0.15, -0.1) is 0 Å². The minimum Gasteiger partial charge on any atom is -0.456 e. The molecule has 9 nitrogen and oxygen atoms in total. The molecule has 0 saturated carbocycles. The summed E-state index contributed by atoms with van der Waals surface area (Å²) in [6.45, 7) is 6.92. The van der Waals surface area contributed by atoms with Crippen molar-refractivity contribution in [2.24, 2.45) is 0 Å². The maximum Gasteiger partial charge on any atom is 0.472 e. The molecular formula is C73H136N2O7P+. The molecule has 1 amide bonds. The molecule has 0 radical (unpaired) electrons. The largest absolute Gasteiger partial charge is 0.472 e. The Morgan fingerprint density at radius 3 is 1.16 bits per heavy atom. The van der Waals surface area contributed by atoms with Gasteiger partial charge in [-0.1, -0.05) is 312 Å². The smallest absolute Gasteiger partial charge is 0.456 e. The number of esters is 1. The predicted molar refractivity (Wildman–Crippen MR) is 360 cm³/mol. The second kappa shape index (κ2) is 62.5. The highest BCUT2D eigenvalue weighted by molar-refractivity contribution is 7.47. The first-order valence-electron chi connectivity index (χ1n) is 35.3. The summed E-state index contributed by atoms with van der Waals surface area (Å²) < 4.78 is 30.8. The highest BCUT2D eigenvalue weighted by atomic mass is 31.2. The molecule has 2 N–H and O–H groups in total. The van der Waals surface area contributed by atoms with E-state index in [1.807, 2.05) is 33.3 Å². The third-order valence-corrected chi connectivity index (χ3v) is 16.6. The van der Waals surface area contributed by atoms with E-state index in [0.717, 1.165) is 103 Å². The van der Waals surface area contributed by atoms with Crippen LogP contribution in [0.3, 0.4) is 0 Å². The fraction of sp³-hybridized carbons (Fsp3) is 0.808. The minimum absolute atomic E-state index is 0.0360. The maximum atomic E-state index is 13.6. The van der Waals surface area contributed by atoms with Gasteiger partial charge in [0.15, 0.2) is 0 Å². The first-order chi connectivity index (χ1) is 40.4. The summed E-state index contributed by atoms with van der Waals surface area (Å²) in [6.07, 6.45) is 82.1. The van der Waals surface area contributed by atoms with Crippen LogP contribution < -0.4 is 5.32 Å². The van der Waals surface area contributed by atoms with Crippen molar-refractivity contribution in [3.63, 3.8) is 0 Å². The zero-order valence-corrected chi connectivity index (χ0v) is 56.3. The Balaban J connectivity index is 5.04. The van der Waals surface area contributed by atoms with Gasteiger partial charge in [0, 0.05) is 12.8 Å². The molecule has 3 unspecified atom stereocenters. The number of hydrogen-bond donors (Lipinski definition) is 2. The van der Waals surface area contributed by atoms with E-state index in [1.54, 1.807) is 0 Å². The Hall–Kier alpha value is -2.55. The van der Waals surface area contributed by atoms with Crippen molar-refractivity contribution in [1.29, 1.82) is 0 Å². The lowest BCUT2D eigenvalue weighted by Gasteiger charge is -2.27. The molecule has 0 saturated heterocycles. The number of unbranched alkanes of at least 4 members (excludes halogenated alkanes) is 38. The molecule has 0 spiro atoms. The summed E-state index contributed by atoms with van der Waals surface area (Å²) in [5.41, 5.74) is 0. The van der Waals surface area contributed by atoms with Gasteiger partial charge < -0.3 is 19.4 Å². The molecule has 0 aromatic heterocycles. The van der Waals surface area contributed by atoms with Crippen LogP contribution in [0.25, 0.3) is 0 Å². The molecule has 0 rings (SSSR count). The van der Waals surface area contributed by atoms with Crippen LogP contribution in [-0.2, 0) is 27.9 Å². The molecule has 484 valence electrons. The normalized spacial score (nSPS) is 14.0. The number of nitrogens with one attached hydrogen (secondary N) is 1. The number of likely N-dealkylation sites (N-methyl/N-ethyl adjacent to an activating group) is 1. The molecule has 10 heteroatoms. The van der Waals surface area contributed by atoms with Gasteiger partial charge in [-0.3, -0.25) is 18.6 Å². The summed E-state index contributed by atoms with van der Waals surface area (Å²) in [7, 11) is 1.49. The van der Waals surface area contributed by atoms with E-state index in [4.69, 9.17) is 13.8 Å². The van der Waals surface area contributed by atoms with Gasteiger partial charge in [0.05, 0.1) is 33.8 Å². The van der Waals surface area contributed by atoms with Gasteiger partial charge in [-0.25, -0.2) is 4.57 Å². The number of hydrogen-bond acceptors (Lipinski definition) is 6. The number of phosphoric acid groups is 1. The number of carbonyl (C=O) groups is 2. The number of carbonyl (C=O) groups excluding carboxylic acids is 2. The Morgan fingerprint density at radius 2 is 0.771 bits per heavy atom. The van der Waals surface area contributed by atoms with Gasteiger partial charge in [-0.05, 0) is 76.7 Å². The molecule has 0 aliphatic carbocycles. The lowest BCUT2D eigenvalue weighted by Crippen LogP contribution is -2.47. The van der Waals surface area contributed by atoms with Gasteiger partial charge in [0.1, 0.15) is 19.3 Å². The number of quaternary nitrogens is 1. The van der Waals surface area contributed by atoms with Crippen LogP contribution in [-0.4, -0.2) is 74.3 Å².